The molecule has 1 amide bonds. The maximum Gasteiger partial charge on any atom is 0.288 e. The fourth-order valence-corrected chi connectivity index (χ4v) is 5.34. The molecule has 29 heavy (non-hydrogen) atoms. The molecule has 1 aliphatic heterocycles. The van der Waals surface area contributed by atoms with Gasteiger partial charge in [0.2, 0.25) is 10.0 Å². The summed E-state index contributed by atoms with van der Waals surface area (Å²) in [5.74, 6) is -0.403. The van der Waals surface area contributed by atoms with Crippen molar-refractivity contribution < 1.29 is 18.1 Å². The molecule has 1 N–H and O–H groups in total. The quantitative estimate of drug-likeness (QED) is 0.571. The minimum atomic E-state index is -3.75. The number of nitrogens with zero attached hydrogens (tertiary/aromatic N) is 4. The van der Waals surface area contributed by atoms with E-state index in [0.717, 1.165) is 6.07 Å². The molecular weight excluding hydrogens is 422 g/mol. The fourth-order valence-electron chi connectivity index (χ4n) is 3.36. The van der Waals surface area contributed by atoms with Crippen molar-refractivity contribution in [2.75, 3.05) is 26.2 Å². The average molecular weight is 442 g/mol. The Kier molecular flexibility index (Phi) is 5.92. The molecule has 1 aromatic carbocycles. The zero-order chi connectivity index (χ0) is 21.3. The third kappa shape index (κ3) is 4.11. The smallest absolute Gasteiger partial charge is 0.288 e. The van der Waals surface area contributed by atoms with E-state index >= 15 is 0 Å². The predicted molar refractivity (Wildman–Crippen MR) is 105 cm³/mol. The second-order valence-electron chi connectivity index (χ2n) is 6.74. The number of hydrogen-bond donors (Lipinski definition) is 1. The Bertz CT molecular complexity index is 1050. The third-order valence-electron chi connectivity index (χ3n) is 4.79. The van der Waals surface area contributed by atoms with Crippen molar-refractivity contribution in [3.05, 3.63) is 50.3 Å². The Labute approximate surface area is 172 Å². The summed E-state index contributed by atoms with van der Waals surface area (Å²) in [6, 6.07) is 3.88. The summed E-state index contributed by atoms with van der Waals surface area (Å²) in [5.41, 5.74) is 0.655. The van der Waals surface area contributed by atoms with Crippen LogP contribution in [0.4, 0.5) is 5.69 Å². The molecule has 156 valence electrons. The number of carbonyl (C=O) groups excluding carboxylic acids is 1. The van der Waals surface area contributed by atoms with Gasteiger partial charge in [0.05, 0.1) is 16.3 Å². The number of nitrogens with one attached hydrogen (secondary N) is 1. The van der Waals surface area contributed by atoms with Crippen LogP contribution in [0.1, 0.15) is 28.2 Å². The summed E-state index contributed by atoms with van der Waals surface area (Å²) < 4.78 is 27.4. The number of carbonyl (C=O) groups is 1. The number of benzene rings is 1. The van der Waals surface area contributed by atoms with E-state index in [4.69, 9.17) is 11.6 Å². The second-order valence-corrected chi connectivity index (χ2v) is 9.02. The van der Waals surface area contributed by atoms with Crippen molar-refractivity contribution in [3.8, 4) is 0 Å². The minimum absolute atomic E-state index is 0.0504. The number of hydrogen-bond acceptors (Lipinski definition) is 6. The molecule has 1 aromatic heterocycles. The van der Waals surface area contributed by atoms with Crippen LogP contribution in [0.2, 0.25) is 5.02 Å². The Morgan fingerprint density at radius 1 is 1.24 bits per heavy atom. The van der Waals surface area contributed by atoms with Gasteiger partial charge in [-0.05, 0) is 32.4 Å². The van der Waals surface area contributed by atoms with Gasteiger partial charge in [-0.3, -0.25) is 20.0 Å². The fraction of sp³-hybridized carbons (Fsp3) is 0.412. The zero-order valence-electron chi connectivity index (χ0n) is 15.9. The number of aromatic nitrogens is 2. The Hall–Kier alpha value is -2.50. The first-order valence-electron chi connectivity index (χ1n) is 8.88. The molecule has 2 aromatic rings. The SMILES string of the molecule is Cc1n[nH]c(C)c1S(=O)(=O)N1CCCN(C(=O)c2ccc(Cl)c([N+](=O)[O-])c2)CC1. The number of halogens is 1. The molecule has 1 fully saturated rings. The van der Waals surface area contributed by atoms with Gasteiger partial charge < -0.3 is 4.90 Å². The molecule has 0 saturated carbocycles. The Balaban J connectivity index is 1.79. The molecule has 12 heteroatoms. The van der Waals surface area contributed by atoms with Crippen LogP contribution in [0.25, 0.3) is 0 Å². The maximum atomic E-state index is 13.0. The number of sulfonamides is 1. The van der Waals surface area contributed by atoms with E-state index in [-0.39, 0.29) is 40.8 Å². The van der Waals surface area contributed by atoms with Gasteiger partial charge in [0.15, 0.2) is 0 Å². The van der Waals surface area contributed by atoms with E-state index in [1.54, 1.807) is 13.8 Å². The van der Waals surface area contributed by atoms with E-state index in [1.807, 2.05) is 0 Å². The van der Waals surface area contributed by atoms with Crippen LogP contribution >= 0.6 is 11.6 Å². The number of nitro groups is 1. The first kappa shape index (κ1) is 21.2. The molecule has 3 rings (SSSR count). The number of aryl methyl sites for hydroxylation is 2. The van der Waals surface area contributed by atoms with Crippen molar-refractivity contribution in [2.45, 2.75) is 25.2 Å². The molecule has 10 nitrogen and oxygen atoms in total. The molecule has 1 aliphatic rings. The lowest BCUT2D eigenvalue weighted by atomic mass is 10.1. The van der Waals surface area contributed by atoms with Crippen LogP contribution in [0.15, 0.2) is 23.1 Å². The molecule has 0 bridgehead atoms. The summed E-state index contributed by atoms with van der Waals surface area (Å²) in [6.07, 6.45) is 0.441. The van der Waals surface area contributed by atoms with Gasteiger partial charge in [-0.25, -0.2) is 8.42 Å². The Morgan fingerprint density at radius 2 is 1.97 bits per heavy atom. The lowest BCUT2D eigenvalue weighted by molar-refractivity contribution is -0.384. The number of aromatic amines is 1. The van der Waals surface area contributed by atoms with E-state index in [0.29, 0.717) is 24.4 Å². The molecule has 0 unspecified atom stereocenters. The molecule has 0 spiro atoms. The van der Waals surface area contributed by atoms with Gasteiger partial charge in [-0.15, -0.1) is 0 Å². The lowest BCUT2D eigenvalue weighted by Gasteiger charge is -2.22. The van der Waals surface area contributed by atoms with Crippen LogP contribution in [-0.4, -0.2) is 64.8 Å². The molecule has 0 radical (unpaired) electrons. The lowest BCUT2D eigenvalue weighted by Crippen LogP contribution is -2.37. The largest absolute Gasteiger partial charge is 0.337 e. The van der Waals surface area contributed by atoms with Crippen LogP contribution in [0, 0.1) is 24.0 Å². The highest BCUT2D eigenvalue weighted by Gasteiger charge is 2.32. The summed E-state index contributed by atoms with van der Waals surface area (Å²) in [7, 11) is -3.75. The van der Waals surface area contributed by atoms with E-state index in [1.165, 1.54) is 21.3 Å². The average Bonchev–Trinajstić information content (AvgIpc) is 2.86. The maximum absolute atomic E-state index is 13.0. The van der Waals surface area contributed by atoms with Crippen molar-refractivity contribution in [1.82, 2.24) is 19.4 Å². The summed E-state index contributed by atoms with van der Waals surface area (Å²) in [6.45, 7) is 4.16. The summed E-state index contributed by atoms with van der Waals surface area (Å²) in [4.78, 5) is 24.9. The van der Waals surface area contributed by atoms with Crippen molar-refractivity contribution in [2.24, 2.45) is 0 Å². The van der Waals surface area contributed by atoms with E-state index in [9.17, 15) is 23.3 Å². The third-order valence-corrected chi connectivity index (χ3v) is 7.27. The van der Waals surface area contributed by atoms with Crippen molar-refractivity contribution in [1.29, 1.82) is 0 Å². The normalized spacial score (nSPS) is 15.9. The van der Waals surface area contributed by atoms with Gasteiger partial charge in [0.25, 0.3) is 11.6 Å². The van der Waals surface area contributed by atoms with Crippen LogP contribution in [0.5, 0.6) is 0 Å². The monoisotopic (exact) mass is 441 g/mol. The molecule has 1 saturated heterocycles. The molecule has 0 aliphatic carbocycles. The predicted octanol–water partition coefficient (Wildman–Crippen LogP) is 2.12. The Morgan fingerprint density at radius 3 is 2.59 bits per heavy atom. The number of rotatable bonds is 4. The van der Waals surface area contributed by atoms with Gasteiger partial charge in [0.1, 0.15) is 9.92 Å². The standard InChI is InChI=1S/C17H20ClN5O5S/c1-11-16(12(2)20-19-11)29(27,28)22-7-3-6-21(8-9-22)17(24)13-4-5-14(18)15(10-13)23(25)26/h4-5,10H,3,6-9H2,1-2H3,(H,19,20). The molecule has 0 atom stereocenters. The van der Waals surface area contributed by atoms with Gasteiger partial charge >= 0.3 is 0 Å². The minimum Gasteiger partial charge on any atom is -0.337 e. The van der Waals surface area contributed by atoms with Gasteiger partial charge in [-0.1, -0.05) is 11.6 Å². The van der Waals surface area contributed by atoms with Crippen molar-refractivity contribution in [3.63, 3.8) is 0 Å². The topological polar surface area (TPSA) is 130 Å². The zero-order valence-corrected chi connectivity index (χ0v) is 17.5. The van der Waals surface area contributed by atoms with Crippen LogP contribution in [-0.2, 0) is 10.0 Å². The van der Waals surface area contributed by atoms with Gasteiger partial charge in [-0.2, -0.15) is 9.40 Å². The highest BCUT2D eigenvalue weighted by molar-refractivity contribution is 7.89. The van der Waals surface area contributed by atoms with Crippen LogP contribution in [0.3, 0.4) is 0 Å². The highest BCUT2D eigenvalue weighted by Crippen LogP contribution is 2.27. The number of amides is 1. The molecule has 2 heterocycles. The van der Waals surface area contributed by atoms with Crippen molar-refractivity contribution >= 4 is 33.2 Å². The first-order chi connectivity index (χ1) is 13.6. The van der Waals surface area contributed by atoms with Gasteiger partial charge in [0, 0.05) is 37.8 Å². The number of nitro benzene ring substituents is 1. The van der Waals surface area contributed by atoms with E-state index in [2.05, 4.69) is 10.2 Å². The second kappa shape index (κ2) is 8.09. The number of H-pyrrole nitrogens is 1. The van der Waals surface area contributed by atoms with Crippen LogP contribution < -0.4 is 0 Å². The summed E-state index contributed by atoms with van der Waals surface area (Å²) in [5, 5.41) is 17.6. The van der Waals surface area contributed by atoms with E-state index < -0.39 is 20.9 Å². The summed E-state index contributed by atoms with van der Waals surface area (Å²) >= 11 is 5.80. The highest BCUT2D eigenvalue weighted by atomic mass is 35.5. The first-order valence-corrected chi connectivity index (χ1v) is 10.7. The molecular formula is C17H20ClN5O5S.